The Morgan fingerprint density at radius 3 is 1.92 bits per heavy atom. The average molecular weight is 180 g/mol. The molecular formula is C10H21NaO. The third kappa shape index (κ3) is 13.3. The summed E-state index contributed by atoms with van der Waals surface area (Å²) in [4.78, 5) is 0. The molecule has 0 bridgehead atoms. The zero-order valence-corrected chi connectivity index (χ0v) is 7.39. The van der Waals surface area contributed by atoms with Gasteiger partial charge in [0.2, 0.25) is 0 Å². The van der Waals surface area contributed by atoms with E-state index >= 15 is 0 Å². The van der Waals surface area contributed by atoms with Crippen molar-refractivity contribution in [2.24, 2.45) is 0 Å². The van der Waals surface area contributed by atoms with Crippen LogP contribution in [0.3, 0.4) is 0 Å². The van der Waals surface area contributed by atoms with Gasteiger partial charge in [0.15, 0.2) is 0 Å². The van der Waals surface area contributed by atoms with E-state index in [-0.39, 0.29) is 29.6 Å². The number of unbranched alkanes of at least 4 members (excludes halogenated alkanes) is 6. The number of aliphatic hydroxyl groups excluding tert-OH is 1. The first-order chi connectivity index (χ1) is 5.41. The molecule has 0 fully saturated rings. The Morgan fingerprint density at radius 1 is 0.917 bits per heavy atom. The van der Waals surface area contributed by atoms with Crippen molar-refractivity contribution in [2.75, 3.05) is 6.61 Å². The van der Waals surface area contributed by atoms with Crippen LogP contribution in [-0.2, 0) is 0 Å². The maximum absolute atomic E-state index is 8.49. The zero-order valence-electron chi connectivity index (χ0n) is 7.39. The fourth-order valence-electron chi connectivity index (χ4n) is 1.11. The molecule has 0 saturated carbocycles. The first-order valence-corrected chi connectivity index (χ1v) is 4.63. The number of hydrogen-bond donors (Lipinski definition) is 1. The molecule has 0 aromatic carbocycles. The van der Waals surface area contributed by atoms with Crippen LogP contribution in [0.25, 0.3) is 0 Å². The van der Waals surface area contributed by atoms with Crippen LogP contribution in [-0.4, -0.2) is 41.3 Å². The molecule has 0 spiro atoms. The molecule has 1 N–H and O–H groups in total. The molecule has 0 aliphatic rings. The summed E-state index contributed by atoms with van der Waals surface area (Å²) in [6.07, 6.45) is 10.5. The van der Waals surface area contributed by atoms with E-state index in [0.717, 1.165) is 12.8 Å². The van der Waals surface area contributed by atoms with E-state index in [1.165, 1.54) is 32.1 Å². The van der Waals surface area contributed by atoms with Crippen molar-refractivity contribution in [3.05, 3.63) is 12.7 Å². The van der Waals surface area contributed by atoms with E-state index in [0.29, 0.717) is 6.61 Å². The molecule has 12 heavy (non-hydrogen) atoms. The van der Waals surface area contributed by atoms with Gasteiger partial charge in [-0.15, -0.1) is 6.58 Å². The van der Waals surface area contributed by atoms with Crippen molar-refractivity contribution >= 4 is 29.6 Å². The monoisotopic (exact) mass is 180 g/mol. The molecule has 0 aromatic heterocycles. The van der Waals surface area contributed by atoms with Crippen LogP contribution >= 0.6 is 0 Å². The number of hydrogen-bond acceptors (Lipinski definition) is 1. The molecule has 0 amide bonds. The van der Waals surface area contributed by atoms with E-state index in [9.17, 15) is 0 Å². The van der Waals surface area contributed by atoms with Crippen molar-refractivity contribution in [1.82, 2.24) is 0 Å². The summed E-state index contributed by atoms with van der Waals surface area (Å²) >= 11 is 0. The first kappa shape index (κ1) is 15.2. The summed E-state index contributed by atoms with van der Waals surface area (Å²) in [7, 11) is 0. The fourth-order valence-corrected chi connectivity index (χ4v) is 1.11. The number of rotatable bonds is 8. The Balaban J connectivity index is 0. The quantitative estimate of drug-likeness (QED) is 0.345. The van der Waals surface area contributed by atoms with Gasteiger partial charge < -0.3 is 5.11 Å². The molecule has 0 aromatic rings. The van der Waals surface area contributed by atoms with E-state index in [1.54, 1.807) is 0 Å². The Hall–Kier alpha value is 0.700. The van der Waals surface area contributed by atoms with Crippen LogP contribution in [0.1, 0.15) is 44.9 Å². The van der Waals surface area contributed by atoms with Gasteiger partial charge in [-0.25, -0.2) is 0 Å². The van der Waals surface area contributed by atoms with E-state index < -0.39 is 0 Å². The Labute approximate surface area is 98.5 Å². The van der Waals surface area contributed by atoms with Crippen LogP contribution in [0.15, 0.2) is 12.7 Å². The summed E-state index contributed by atoms with van der Waals surface area (Å²) in [5.41, 5.74) is 0. The summed E-state index contributed by atoms with van der Waals surface area (Å²) in [6.45, 7) is 4.03. The first-order valence-electron chi connectivity index (χ1n) is 4.63. The molecule has 1 nitrogen and oxygen atoms in total. The van der Waals surface area contributed by atoms with Crippen LogP contribution in [0.4, 0.5) is 0 Å². The second-order valence-electron chi connectivity index (χ2n) is 2.92. The number of aliphatic hydroxyl groups is 1. The van der Waals surface area contributed by atoms with Crippen molar-refractivity contribution in [1.29, 1.82) is 0 Å². The minimum absolute atomic E-state index is 0. The molecule has 0 aliphatic heterocycles. The van der Waals surface area contributed by atoms with Gasteiger partial charge >= 0.3 is 29.6 Å². The van der Waals surface area contributed by atoms with Crippen LogP contribution in [0.5, 0.6) is 0 Å². The van der Waals surface area contributed by atoms with Gasteiger partial charge in [0, 0.05) is 6.61 Å². The minimum atomic E-state index is 0. The second-order valence-corrected chi connectivity index (χ2v) is 2.92. The molecule has 68 valence electrons. The van der Waals surface area contributed by atoms with Crippen molar-refractivity contribution in [2.45, 2.75) is 44.9 Å². The van der Waals surface area contributed by atoms with Gasteiger partial charge in [0.1, 0.15) is 0 Å². The maximum atomic E-state index is 8.49. The molecule has 0 radical (unpaired) electrons. The standard InChI is InChI=1S/C10H20O.Na.H/c1-2-3-4-5-6-7-8-9-10-11;;/h2,11H,1,3-10H2;;. The SMILES string of the molecule is C=CCCCCCCCCO.[NaH]. The topological polar surface area (TPSA) is 20.2 Å². The molecule has 0 saturated heterocycles. The molecule has 0 heterocycles. The van der Waals surface area contributed by atoms with Crippen LogP contribution < -0.4 is 0 Å². The summed E-state index contributed by atoms with van der Waals surface area (Å²) in [5.74, 6) is 0. The van der Waals surface area contributed by atoms with Crippen molar-refractivity contribution in [3.63, 3.8) is 0 Å². The Bertz CT molecular complexity index is 83.9. The Kier molecular flexibility index (Phi) is 18.0. The van der Waals surface area contributed by atoms with Crippen molar-refractivity contribution < 1.29 is 5.11 Å². The second kappa shape index (κ2) is 14.2. The predicted octanol–water partition coefficient (Wildman–Crippen LogP) is 2.25. The van der Waals surface area contributed by atoms with Gasteiger partial charge in [-0.3, -0.25) is 0 Å². The summed E-state index contributed by atoms with van der Waals surface area (Å²) in [6, 6.07) is 0. The molecule has 0 rings (SSSR count). The van der Waals surface area contributed by atoms with E-state index in [2.05, 4.69) is 6.58 Å². The Morgan fingerprint density at radius 2 is 1.42 bits per heavy atom. The molecule has 0 atom stereocenters. The van der Waals surface area contributed by atoms with Gasteiger partial charge in [-0.1, -0.05) is 31.8 Å². The van der Waals surface area contributed by atoms with Gasteiger partial charge in [0.05, 0.1) is 0 Å². The molecule has 2 heteroatoms. The van der Waals surface area contributed by atoms with E-state index in [1.807, 2.05) is 6.08 Å². The fraction of sp³-hybridized carbons (Fsp3) is 0.800. The van der Waals surface area contributed by atoms with Gasteiger partial charge in [-0.05, 0) is 19.3 Å². The summed E-state index contributed by atoms with van der Waals surface area (Å²) < 4.78 is 0. The molecule has 0 aliphatic carbocycles. The predicted molar refractivity (Wildman–Crippen MR) is 56.8 cm³/mol. The summed E-state index contributed by atoms with van der Waals surface area (Å²) in [5, 5.41) is 8.49. The van der Waals surface area contributed by atoms with Crippen LogP contribution in [0, 0.1) is 0 Å². The number of allylic oxidation sites excluding steroid dienone is 1. The van der Waals surface area contributed by atoms with E-state index in [4.69, 9.17) is 5.11 Å². The van der Waals surface area contributed by atoms with Crippen molar-refractivity contribution in [3.8, 4) is 0 Å². The normalized spacial score (nSPS) is 9.08. The zero-order chi connectivity index (χ0) is 8.36. The van der Waals surface area contributed by atoms with Gasteiger partial charge in [0.25, 0.3) is 0 Å². The molecular weight excluding hydrogens is 159 g/mol. The third-order valence-corrected chi connectivity index (χ3v) is 1.82. The molecule has 0 unspecified atom stereocenters. The average Bonchev–Trinajstić information content (AvgIpc) is 2.03. The third-order valence-electron chi connectivity index (χ3n) is 1.82. The van der Waals surface area contributed by atoms with Crippen LogP contribution in [0.2, 0.25) is 0 Å². The van der Waals surface area contributed by atoms with Gasteiger partial charge in [-0.2, -0.15) is 0 Å².